The molecule has 1 N–H and O–H groups in total. The van der Waals surface area contributed by atoms with E-state index < -0.39 is 0 Å². The van der Waals surface area contributed by atoms with Gasteiger partial charge in [0, 0.05) is 15.6 Å². The minimum absolute atomic E-state index is 0.219. The standard InChI is InChI=1S/C11H8Cl2N4OS/c1-5-10(18)17-11(15-14-5)19-9(16-17)8-6(12)3-2-4-7(8)13/h2-4,9,16H,1H3. The lowest BCUT2D eigenvalue weighted by molar-refractivity contribution is 0.659. The van der Waals surface area contributed by atoms with E-state index in [2.05, 4.69) is 15.6 Å². The minimum atomic E-state index is -0.259. The number of rotatable bonds is 1. The molecule has 1 atom stereocenters. The first-order valence-electron chi connectivity index (χ1n) is 5.41. The smallest absolute Gasteiger partial charge is 0.294 e. The van der Waals surface area contributed by atoms with Crippen molar-refractivity contribution in [3.8, 4) is 0 Å². The van der Waals surface area contributed by atoms with Gasteiger partial charge >= 0.3 is 0 Å². The van der Waals surface area contributed by atoms with Crippen LogP contribution in [0.5, 0.6) is 0 Å². The first-order valence-corrected chi connectivity index (χ1v) is 7.05. The van der Waals surface area contributed by atoms with Gasteiger partial charge in [-0.3, -0.25) is 4.79 Å². The third-order valence-electron chi connectivity index (χ3n) is 2.72. The van der Waals surface area contributed by atoms with Crippen molar-refractivity contribution >= 4 is 35.0 Å². The molecule has 0 radical (unpaired) electrons. The van der Waals surface area contributed by atoms with Gasteiger partial charge in [0.25, 0.3) is 5.56 Å². The second-order valence-corrected chi connectivity index (χ2v) is 5.86. The zero-order chi connectivity index (χ0) is 13.6. The maximum Gasteiger partial charge on any atom is 0.294 e. The summed E-state index contributed by atoms with van der Waals surface area (Å²) in [6.45, 7) is 1.62. The summed E-state index contributed by atoms with van der Waals surface area (Å²) in [5, 5.41) is 9.12. The van der Waals surface area contributed by atoms with E-state index in [4.69, 9.17) is 23.2 Å². The lowest BCUT2D eigenvalue weighted by Crippen LogP contribution is -2.30. The van der Waals surface area contributed by atoms with Crippen molar-refractivity contribution in [2.45, 2.75) is 17.5 Å². The zero-order valence-corrected chi connectivity index (χ0v) is 12.1. The predicted molar refractivity (Wildman–Crippen MR) is 75.4 cm³/mol. The Labute approximate surface area is 122 Å². The Bertz CT molecular complexity index is 698. The second kappa shape index (κ2) is 4.70. The van der Waals surface area contributed by atoms with Crippen LogP contribution in [0.3, 0.4) is 0 Å². The number of fused-ring (bicyclic) bond motifs is 1. The molecule has 0 aliphatic carbocycles. The van der Waals surface area contributed by atoms with Crippen molar-refractivity contribution in [2.24, 2.45) is 0 Å². The van der Waals surface area contributed by atoms with Crippen LogP contribution in [0.2, 0.25) is 10.0 Å². The predicted octanol–water partition coefficient (Wildman–Crippen LogP) is 2.60. The van der Waals surface area contributed by atoms with E-state index in [1.165, 1.54) is 16.4 Å². The van der Waals surface area contributed by atoms with Gasteiger partial charge < -0.3 is 5.43 Å². The molecule has 1 unspecified atom stereocenters. The van der Waals surface area contributed by atoms with Gasteiger partial charge in [-0.15, -0.1) is 10.2 Å². The van der Waals surface area contributed by atoms with E-state index in [1.54, 1.807) is 25.1 Å². The third kappa shape index (κ3) is 2.09. The molecule has 1 aliphatic rings. The summed E-state index contributed by atoms with van der Waals surface area (Å²) in [5.74, 6) is 0. The molecule has 1 aliphatic heterocycles. The number of nitrogens with one attached hydrogen (secondary N) is 1. The van der Waals surface area contributed by atoms with Crippen molar-refractivity contribution in [3.05, 3.63) is 49.9 Å². The SMILES string of the molecule is Cc1nnc2n(c1=O)NC(c1c(Cl)cccc1Cl)S2. The highest BCUT2D eigenvalue weighted by Gasteiger charge is 2.29. The van der Waals surface area contributed by atoms with Gasteiger partial charge in [-0.1, -0.05) is 41.0 Å². The molecule has 2 aromatic rings. The van der Waals surface area contributed by atoms with Crippen molar-refractivity contribution in [2.75, 3.05) is 5.43 Å². The molecule has 0 spiro atoms. The number of benzene rings is 1. The molecule has 19 heavy (non-hydrogen) atoms. The van der Waals surface area contributed by atoms with Gasteiger partial charge in [0.15, 0.2) is 0 Å². The molecule has 0 fully saturated rings. The molecule has 98 valence electrons. The first-order chi connectivity index (χ1) is 9.08. The van der Waals surface area contributed by atoms with Gasteiger partial charge in [0.2, 0.25) is 5.16 Å². The molecule has 0 saturated carbocycles. The van der Waals surface area contributed by atoms with Crippen molar-refractivity contribution < 1.29 is 0 Å². The van der Waals surface area contributed by atoms with Gasteiger partial charge in [-0.05, 0) is 19.1 Å². The molecule has 1 aromatic heterocycles. The number of thioether (sulfide) groups is 1. The number of hydrogen-bond acceptors (Lipinski definition) is 5. The highest BCUT2D eigenvalue weighted by Crippen LogP contribution is 2.42. The summed E-state index contributed by atoms with van der Waals surface area (Å²) in [7, 11) is 0. The van der Waals surface area contributed by atoms with Gasteiger partial charge in [0.1, 0.15) is 11.1 Å². The maximum absolute atomic E-state index is 11.9. The lowest BCUT2D eigenvalue weighted by atomic mass is 10.2. The Kier molecular flexibility index (Phi) is 3.16. The minimum Gasteiger partial charge on any atom is -0.302 e. The molecule has 0 saturated heterocycles. The van der Waals surface area contributed by atoms with Crippen LogP contribution < -0.4 is 11.0 Å². The number of aryl methyl sites for hydroxylation is 1. The third-order valence-corrected chi connectivity index (χ3v) is 4.43. The average Bonchev–Trinajstić information content (AvgIpc) is 2.78. The Morgan fingerprint density at radius 2 is 2.00 bits per heavy atom. The fourth-order valence-corrected chi connectivity index (χ4v) is 3.59. The normalized spacial score (nSPS) is 17.1. The summed E-state index contributed by atoms with van der Waals surface area (Å²) in [5.41, 5.74) is 3.89. The van der Waals surface area contributed by atoms with Crippen LogP contribution >= 0.6 is 35.0 Å². The summed E-state index contributed by atoms with van der Waals surface area (Å²) in [6.07, 6.45) is 0. The van der Waals surface area contributed by atoms with Crippen molar-refractivity contribution in [1.29, 1.82) is 0 Å². The second-order valence-electron chi connectivity index (χ2n) is 3.97. The molecular weight excluding hydrogens is 307 g/mol. The monoisotopic (exact) mass is 314 g/mol. The van der Waals surface area contributed by atoms with Crippen molar-refractivity contribution in [3.63, 3.8) is 0 Å². The summed E-state index contributed by atoms with van der Waals surface area (Å²) < 4.78 is 1.37. The number of aromatic nitrogens is 3. The molecule has 5 nitrogen and oxygen atoms in total. The summed E-state index contributed by atoms with van der Waals surface area (Å²) in [4.78, 5) is 11.9. The van der Waals surface area contributed by atoms with Crippen LogP contribution in [0.15, 0.2) is 28.2 Å². The molecular formula is C11H8Cl2N4OS. The van der Waals surface area contributed by atoms with Gasteiger partial charge in [-0.2, -0.15) is 4.68 Å². The van der Waals surface area contributed by atoms with Crippen LogP contribution in [-0.2, 0) is 0 Å². The summed E-state index contributed by atoms with van der Waals surface area (Å²) in [6, 6.07) is 5.29. The van der Waals surface area contributed by atoms with Crippen LogP contribution in [0.25, 0.3) is 0 Å². The number of halogens is 2. The van der Waals surface area contributed by atoms with Crippen LogP contribution in [0.1, 0.15) is 16.6 Å². The molecule has 0 bridgehead atoms. The van der Waals surface area contributed by atoms with Gasteiger partial charge in [-0.25, -0.2) is 0 Å². The maximum atomic E-state index is 11.9. The Morgan fingerprint density at radius 1 is 1.32 bits per heavy atom. The fourth-order valence-electron chi connectivity index (χ4n) is 1.78. The molecule has 8 heteroatoms. The number of nitrogens with zero attached hydrogens (tertiary/aromatic N) is 3. The van der Waals surface area contributed by atoms with E-state index in [0.29, 0.717) is 20.9 Å². The molecule has 3 rings (SSSR count). The van der Waals surface area contributed by atoms with Crippen LogP contribution in [-0.4, -0.2) is 14.9 Å². The molecule has 0 amide bonds. The quantitative estimate of drug-likeness (QED) is 0.876. The Morgan fingerprint density at radius 3 is 2.68 bits per heavy atom. The highest BCUT2D eigenvalue weighted by atomic mass is 35.5. The largest absolute Gasteiger partial charge is 0.302 e. The van der Waals surface area contributed by atoms with Crippen LogP contribution in [0, 0.1) is 6.92 Å². The fraction of sp³-hybridized carbons (Fsp3) is 0.182. The lowest BCUT2D eigenvalue weighted by Gasteiger charge is -2.13. The number of hydrogen-bond donors (Lipinski definition) is 1. The highest BCUT2D eigenvalue weighted by molar-refractivity contribution is 7.99. The first kappa shape index (κ1) is 12.8. The van der Waals surface area contributed by atoms with E-state index in [-0.39, 0.29) is 10.9 Å². The topological polar surface area (TPSA) is 59.8 Å². The zero-order valence-electron chi connectivity index (χ0n) is 9.72. The molecule has 2 heterocycles. The Hall–Kier alpha value is -1.24. The van der Waals surface area contributed by atoms with Gasteiger partial charge in [0.05, 0.1) is 0 Å². The average molecular weight is 315 g/mol. The van der Waals surface area contributed by atoms with Crippen LogP contribution in [0.4, 0.5) is 0 Å². The summed E-state index contributed by atoms with van der Waals surface area (Å²) >= 11 is 13.7. The van der Waals surface area contributed by atoms with E-state index in [1.807, 2.05) is 0 Å². The van der Waals surface area contributed by atoms with Crippen molar-refractivity contribution in [1.82, 2.24) is 14.9 Å². The van der Waals surface area contributed by atoms with E-state index in [0.717, 1.165) is 5.56 Å². The molecule has 1 aromatic carbocycles. The van der Waals surface area contributed by atoms with E-state index in [9.17, 15) is 4.79 Å². The Balaban J connectivity index is 2.05. The van der Waals surface area contributed by atoms with E-state index >= 15 is 0 Å².